The fraction of sp³-hybridized carbons (Fsp3) is 0.182. The molecule has 0 spiro atoms. The van der Waals surface area contributed by atoms with Crippen molar-refractivity contribution >= 4 is 24.6 Å². The normalized spacial score (nSPS) is 10.4. The van der Waals surface area contributed by atoms with E-state index in [1.54, 1.807) is 0 Å². The standard InChI is InChI=1S/C11H13NOS/c1-9(13)12-8-2-3-10-4-6-11(14)7-5-10/h2-7,14H,8H2,1H3,(H,12,13). The Kier molecular flexibility index (Phi) is 4.26. The lowest BCUT2D eigenvalue weighted by atomic mass is 10.2. The van der Waals surface area contributed by atoms with Gasteiger partial charge in [0.15, 0.2) is 0 Å². The number of hydrogen-bond donors (Lipinski definition) is 2. The number of rotatable bonds is 3. The van der Waals surface area contributed by atoms with E-state index >= 15 is 0 Å². The second-order valence-corrected chi connectivity index (χ2v) is 3.45. The summed E-state index contributed by atoms with van der Waals surface area (Å²) in [7, 11) is 0. The number of thiol groups is 1. The molecular weight excluding hydrogens is 194 g/mol. The van der Waals surface area contributed by atoms with Crippen LogP contribution in [0.2, 0.25) is 0 Å². The first-order valence-corrected chi connectivity index (χ1v) is 4.83. The summed E-state index contributed by atoms with van der Waals surface area (Å²) in [6.45, 7) is 2.07. The minimum atomic E-state index is -0.0136. The van der Waals surface area contributed by atoms with Crippen molar-refractivity contribution in [3.63, 3.8) is 0 Å². The molecule has 0 aliphatic rings. The summed E-state index contributed by atoms with van der Waals surface area (Å²) in [4.78, 5) is 11.5. The van der Waals surface area contributed by atoms with E-state index in [1.165, 1.54) is 6.92 Å². The fourth-order valence-electron chi connectivity index (χ4n) is 0.983. The molecule has 0 heterocycles. The zero-order valence-corrected chi connectivity index (χ0v) is 8.92. The Hall–Kier alpha value is -1.22. The third-order valence-electron chi connectivity index (χ3n) is 1.67. The lowest BCUT2D eigenvalue weighted by Gasteiger charge is -1.96. The van der Waals surface area contributed by atoms with Crippen LogP contribution in [0.1, 0.15) is 12.5 Å². The van der Waals surface area contributed by atoms with Crippen molar-refractivity contribution in [3.05, 3.63) is 35.9 Å². The van der Waals surface area contributed by atoms with Crippen LogP contribution in [-0.2, 0) is 4.79 Å². The van der Waals surface area contributed by atoms with Crippen molar-refractivity contribution in [2.45, 2.75) is 11.8 Å². The van der Waals surface area contributed by atoms with Gasteiger partial charge < -0.3 is 5.32 Å². The first-order chi connectivity index (χ1) is 6.68. The molecule has 0 fully saturated rings. The number of nitrogens with one attached hydrogen (secondary N) is 1. The molecule has 0 radical (unpaired) electrons. The summed E-state index contributed by atoms with van der Waals surface area (Å²) in [6, 6.07) is 7.82. The summed E-state index contributed by atoms with van der Waals surface area (Å²) in [5.74, 6) is -0.0136. The highest BCUT2D eigenvalue weighted by Crippen LogP contribution is 2.08. The number of carbonyl (C=O) groups is 1. The van der Waals surface area contributed by atoms with Crippen LogP contribution in [0.4, 0.5) is 0 Å². The number of hydrogen-bond acceptors (Lipinski definition) is 2. The van der Waals surface area contributed by atoms with E-state index in [9.17, 15) is 4.79 Å². The van der Waals surface area contributed by atoms with Crippen LogP contribution in [0, 0.1) is 0 Å². The highest BCUT2D eigenvalue weighted by molar-refractivity contribution is 7.80. The van der Waals surface area contributed by atoms with Crippen molar-refractivity contribution in [3.8, 4) is 0 Å². The van der Waals surface area contributed by atoms with E-state index in [1.807, 2.05) is 36.4 Å². The third-order valence-corrected chi connectivity index (χ3v) is 1.97. The SMILES string of the molecule is CC(=O)NCC=Cc1ccc(S)cc1. The lowest BCUT2D eigenvalue weighted by molar-refractivity contribution is -0.118. The van der Waals surface area contributed by atoms with Crippen molar-refractivity contribution in [1.82, 2.24) is 5.32 Å². The smallest absolute Gasteiger partial charge is 0.217 e. The third kappa shape index (κ3) is 4.14. The number of carbonyl (C=O) groups excluding carboxylic acids is 1. The Morgan fingerprint density at radius 2 is 2.07 bits per heavy atom. The largest absolute Gasteiger partial charge is 0.353 e. The highest BCUT2D eigenvalue weighted by atomic mass is 32.1. The van der Waals surface area contributed by atoms with Crippen LogP contribution in [0.15, 0.2) is 35.2 Å². The van der Waals surface area contributed by atoms with E-state index in [0.29, 0.717) is 6.54 Å². The Labute approximate surface area is 89.4 Å². The van der Waals surface area contributed by atoms with Gasteiger partial charge in [-0.3, -0.25) is 4.79 Å². The molecule has 0 aliphatic carbocycles. The van der Waals surface area contributed by atoms with Crippen molar-refractivity contribution in [2.24, 2.45) is 0 Å². The molecule has 0 unspecified atom stereocenters. The average molecular weight is 207 g/mol. The van der Waals surface area contributed by atoms with Gasteiger partial charge in [-0.05, 0) is 17.7 Å². The number of amides is 1. The predicted molar refractivity (Wildman–Crippen MR) is 61.4 cm³/mol. The molecule has 1 aromatic carbocycles. The maximum absolute atomic E-state index is 10.5. The summed E-state index contributed by atoms with van der Waals surface area (Å²) in [6.07, 6.45) is 3.87. The molecule has 0 saturated heterocycles. The monoisotopic (exact) mass is 207 g/mol. The molecule has 14 heavy (non-hydrogen) atoms. The van der Waals surface area contributed by atoms with E-state index in [2.05, 4.69) is 17.9 Å². The van der Waals surface area contributed by atoms with Crippen molar-refractivity contribution in [2.75, 3.05) is 6.54 Å². The molecular formula is C11H13NOS. The van der Waals surface area contributed by atoms with Gasteiger partial charge in [0.1, 0.15) is 0 Å². The quantitative estimate of drug-likeness (QED) is 0.730. The van der Waals surface area contributed by atoms with Crippen LogP contribution in [0.3, 0.4) is 0 Å². The summed E-state index contributed by atoms with van der Waals surface area (Å²) < 4.78 is 0. The van der Waals surface area contributed by atoms with Crippen LogP contribution in [-0.4, -0.2) is 12.5 Å². The highest BCUT2D eigenvalue weighted by Gasteiger charge is 1.87. The van der Waals surface area contributed by atoms with Gasteiger partial charge in [0.2, 0.25) is 5.91 Å². The van der Waals surface area contributed by atoms with Crippen LogP contribution in [0.25, 0.3) is 6.08 Å². The van der Waals surface area contributed by atoms with Gasteiger partial charge in [0.05, 0.1) is 0 Å². The molecule has 2 nitrogen and oxygen atoms in total. The summed E-state index contributed by atoms with van der Waals surface area (Å²) >= 11 is 4.19. The van der Waals surface area contributed by atoms with Crippen LogP contribution in [0.5, 0.6) is 0 Å². The maximum Gasteiger partial charge on any atom is 0.217 e. The molecule has 1 N–H and O–H groups in total. The van der Waals surface area contributed by atoms with E-state index in [-0.39, 0.29) is 5.91 Å². The molecule has 1 amide bonds. The van der Waals surface area contributed by atoms with E-state index in [4.69, 9.17) is 0 Å². The van der Waals surface area contributed by atoms with Gasteiger partial charge in [0, 0.05) is 18.4 Å². The molecule has 0 bridgehead atoms. The topological polar surface area (TPSA) is 29.1 Å². The number of benzene rings is 1. The predicted octanol–water partition coefficient (Wildman–Crippen LogP) is 2.12. The Bertz CT molecular complexity index is 330. The molecule has 1 rings (SSSR count). The average Bonchev–Trinajstić information content (AvgIpc) is 2.15. The van der Waals surface area contributed by atoms with Gasteiger partial charge in [0.25, 0.3) is 0 Å². The zero-order valence-electron chi connectivity index (χ0n) is 8.03. The molecule has 0 aliphatic heterocycles. The molecule has 0 aromatic heterocycles. The van der Waals surface area contributed by atoms with E-state index in [0.717, 1.165) is 10.5 Å². The molecule has 0 saturated carbocycles. The van der Waals surface area contributed by atoms with Gasteiger partial charge in [-0.2, -0.15) is 0 Å². The Morgan fingerprint density at radius 1 is 1.43 bits per heavy atom. The van der Waals surface area contributed by atoms with Crippen molar-refractivity contribution < 1.29 is 4.79 Å². The molecule has 0 atom stereocenters. The molecule has 3 heteroatoms. The summed E-state index contributed by atoms with van der Waals surface area (Å²) in [5.41, 5.74) is 1.10. The van der Waals surface area contributed by atoms with E-state index < -0.39 is 0 Å². The maximum atomic E-state index is 10.5. The van der Waals surface area contributed by atoms with Crippen LogP contribution < -0.4 is 5.32 Å². The Morgan fingerprint density at radius 3 is 2.64 bits per heavy atom. The van der Waals surface area contributed by atoms with Gasteiger partial charge in [-0.15, -0.1) is 12.6 Å². The minimum Gasteiger partial charge on any atom is -0.353 e. The summed E-state index contributed by atoms with van der Waals surface area (Å²) in [5, 5.41) is 2.69. The molecule has 74 valence electrons. The first kappa shape index (κ1) is 10.9. The van der Waals surface area contributed by atoms with Gasteiger partial charge in [-0.25, -0.2) is 0 Å². The zero-order chi connectivity index (χ0) is 10.4. The van der Waals surface area contributed by atoms with Gasteiger partial charge >= 0.3 is 0 Å². The van der Waals surface area contributed by atoms with Crippen molar-refractivity contribution in [1.29, 1.82) is 0 Å². The second-order valence-electron chi connectivity index (χ2n) is 2.93. The minimum absolute atomic E-state index is 0.0136. The van der Waals surface area contributed by atoms with Crippen LogP contribution >= 0.6 is 12.6 Å². The molecule has 1 aromatic rings. The lowest BCUT2D eigenvalue weighted by Crippen LogP contribution is -2.19. The second kappa shape index (κ2) is 5.50. The van der Waals surface area contributed by atoms with Gasteiger partial charge in [-0.1, -0.05) is 24.3 Å². The first-order valence-electron chi connectivity index (χ1n) is 4.38. The Balaban J connectivity index is 2.44. The fourth-order valence-corrected chi connectivity index (χ4v) is 1.13.